The number of halogens is 1. The second-order valence-electron chi connectivity index (χ2n) is 4.88. The summed E-state index contributed by atoms with van der Waals surface area (Å²) < 4.78 is 35.8. The number of aromatic nitrogens is 2. The number of rotatable bonds is 4. The molecule has 0 spiro atoms. The Hall–Kier alpha value is -2.58. The molecular weight excluding hydrogens is 321 g/mol. The van der Waals surface area contributed by atoms with Gasteiger partial charge in [-0.15, -0.1) is 0 Å². The van der Waals surface area contributed by atoms with Gasteiger partial charge >= 0.3 is 0 Å². The summed E-state index contributed by atoms with van der Waals surface area (Å²) in [5, 5.41) is 7.57. The molecule has 3 N–H and O–H groups in total. The van der Waals surface area contributed by atoms with E-state index in [1.165, 1.54) is 12.1 Å². The van der Waals surface area contributed by atoms with Gasteiger partial charge in [0.2, 0.25) is 0 Å². The third kappa shape index (κ3) is 3.27. The Labute approximate surface area is 132 Å². The summed E-state index contributed by atoms with van der Waals surface area (Å²) in [6.07, 6.45) is 0.186. The van der Waals surface area contributed by atoms with Crippen LogP contribution < -0.4 is 10.3 Å². The minimum absolute atomic E-state index is 0.186. The van der Waals surface area contributed by atoms with Crippen LogP contribution in [0.5, 0.6) is 0 Å². The molecule has 3 aromatic rings. The normalized spacial score (nSPS) is 12.3. The summed E-state index contributed by atoms with van der Waals surface area (Å²) >= 11 is -2.26. The predicted octanol–water partition coefficient (Wildman–Crippen LogP) is 2.20. The van der Waals surface area contributed by atoms with E-state index >= 15 is 0 Å². The van der Waals surface area contributed by atoms with Crippen molar-refractivity contribution in [1.29, 1.82) is 0 Å². The molecule has 0 amide bonds. The van der Waals surface area contributed by atoms with Gasteiger partial charge in [0.15, 0.2) is 0 Å². The van der Waals surface area contributed by atoms with Gasteiger partial charge in [0.25, 0.3) is 16.8 Å². The maximum Gasteiger partial charge on any atom is 0.272 e. The van der Waals surface area contributed by atoms with Crippen molar-refractivity contribution in [3.63, 3.8) is 0 Å². The number of fused-ring (bicyclic) bond motifs is 1. The molecule has 0 aliphatic carbocycles. The fourth-order valence-electron chi connectivity index (χ4n) is 2.34. The van der Waals surface area contributed by atoms with E-state index in [1.807, 2.05) is 0 Å². The number of nitrogens with zero attached hydrogens (tertiary/aromatic N) is 1. The zero-order chi connectivity index (χ0) is 16.4. The Morgan fingerprint density at radius 2 is 1.96 bits per heavy atom. The minimum atomic E-state index is -2.26. The second kappa shape index (κ2) is 6.27. The maximum absolute atomic E-state index is 14.1. The summed E-state index contributed by atoms with van der Waals surface area (Å²) in [5.41, 5.74) is 0.815. The van der Waals surface area contributed by atoms with Gasteiger partial charge in [0.05, 0.1) is 16.8 Å². The largest absolute Gasteiger partial charge is 0.289 e. The molecule has 0 aliphatic heterocycles. The van der Waals surface area contributed by atoms with Crippen molar-refractivity contribution in [2.45, 2.75) is 6.42 Å². The first-order valence-electron chi connectivity index (χ1n) is 6.67. The highest BCUT2D eigenvalue weighted by molar-refractivity contribution is 7.80. The number of benzene rings is 2. The van der Waals surface area contributed by atoms with E-state index < -0.39 is 17.1 Å². The molecule has 0 fully saturated rings. The van der Waals surface area contributed by atoms with Crippen molar-refractivity contribution in [2.24, 2.45) is 0 Å². The predicted molar refractivity (Wildman–Crippen MR) is 86.0 cm³/mol. The quantitative estimate of drug-likeness (QED) is 0.638. The number of nitrogens with one attached hydrogen (secondary N) is 2. The molecule has 0 aliphatic rings. The summed E-state index contributed by atoms with van der Waals surface area (Å²) in [6, 6.07) is 11.1. The molecule has 0 radical (unpaired) electrons. The highest BCUT2D eigenvalue weighted by atomic mass is 32.2. The van der Waals surface area contributed by atoms with Crippen molar-refractivity contribution in [2.75, 3.05) is 4.72 Å². The lowest BCUT2D eigenvalue weighted by Crippen LogP contribution is -2.11. The van der Waals surface area contributed by atoms with Crippen LogP contribution in [0.15, 0.2) is 47.3 Å². The Balaban J connectivity index is 1.98. The number of H-pyrrole nitrogens is 1. The molecular formula is C15H12FN3O3S. The van der Waals surface area contributed by atoms with E-state index in [1.54, 1.807) is 24.3 Å². The molecule has 1 unspecified atom stereocenters. The first-order valence-corrected chi connectivity index (χ1v) is 7.77. The lowest BCUT2D eigenvalue weighted by atomic mass is 10.0. The molecule has 1 aromatic heterocycles. The van der Waals surface area contributed by atoms with Crippen LogP contribution in [0.2, 0.25) is 0 Å². The van der Waals surface area contributed by atoms with Gasteiger partial charge in [-0.1, -0.05) is 24.3 Å². The molecule has 0 bridgehead atoms. The van der Waals surface area contributed by atoms with Gasteiger partial charge in [-0.3, -0.25) is 14.1 Å². The highest BCUT2D eigenvalue weighted by Gasteiger charge is 2.10. The van der Waals surface area contributed by atoms with Crippen LogP contribution >= 0.6 is 0 Å². The van der Waals surface area contributed by atoms with Gasteiger partial charge < -0.3 is 0 Å². The Bertz CT molecular complexity index is 958. The van der Waals surface area contributed by atoms with E-state index in [0.29, 0.717) is 22.0 Å². The van der Waals surface area contributed by atoms with Crippen molar-refractivity contribution in [3.05, 3.63) is 69.9 Å². The zero-order valence-corrected chi connectivity index (χ0v) is 12.6. The van der Waals surface area contributed by atoms with E-state index in [9.17, 15) is 13.4 Å². The molecule has 118 valence electrons. The standard InChI is InChI=1S/C15H12FN3O3S/c16-13-8-10(19-23(21)22)6-5-9(13)7-14-11-3-1-2-4-12(11)15(20)18-17-14/h1-6,8,19H,7H2,(H,18,20)(H,21,22). The summed E-state index contributed by atoms with van der Waals surface area (Å²) in [4.78, 5) is 11.7. The van der Waals surface area contributed by atoms with E-state index in [-0.39, 0.29) is 17.7 Å². The monoisotopic (exact) mass is 333 g/mol. The number of hydrogen-bond acceptors (Lipinski definition) is 3. The smallest absolute Gasteiger partial charge is 0.272 e. The van der Waals surface area contributed by atoms with Crippen molar-refractivity contribution in [3.8, 4) is 0 Å². The van der Waals surface area contributed by atoms with E-state index in [2.05, 4.69) is 14.9 Å². The SMILES string of the molecule is O=c1[nH]nc(Cc2ccc(NS(=O)O)cc2F)c2ccccc12. The first kappa shape index (κ1) is 15.3. The average molecular weight is 333 g/mol. The lowest BCUT2D eigenvalue weighted by Gasteiger charge is -2.08. The molecule has 2 aromatic carbocycles. The molecule has 1 atom stereocenters. The van der Waals surface area contributed by atoms with Gasteiger partial charge in [-0.25, -0.2) is 13.7 Å². The molecule has 3 rings (SSSR count). The molecule has 0 saturated heterocycles. The molecule has 1 heterocycles. The number of anilines is 1. The highest BCUT2D eigenvalue weighted by Crippen LogP contribution is 2.20. The number of aromatic amines is 1. The molecule has 8 heteroatoms. The lowest BCUT2D eigenvalue weighted by molar-refractivity contribution is 0.570. The topological polar surface area (TPSA) is 95.1 Å². The van der Waals surface area contributed by atoms with Gasteiger partial charge in [-0.2, -0.15) is 5.10 Å². The third-order valence-electron chi connectivity index (χ3n) is 3.39. The van der Waals surface area contributed by atoms with Crippen LogP contribution in [0, 0.1) is 5.82 Å². The fourth-order valence-corrected chi connectivity index (χ4v) is 2.67. The van der Waals surface area contributed by atoms with Crippen LogP contribution in [-0.4, -0.2) is 19.0 Å². The first-order chi connectivity index (χ1) is 11.0. The fraction of sp³-hybridized carbons (Fsp3) is 0.0667. The van der Waals surface area contributed by atoms with E-state index in [4.69, 9.17) is 4.55 Å². The zero-order valence-electron chi connectivity index (χ0n) is 11.7. The van der Waals surface area contributed by atoms with Crippen LogP contribution in [0.25, 0.3) is 10.8 Å². The van der Waals surface area contributed by atoms with Crippen molar-refractivity contribution in [1.82, 2.24) is 10.2 Å². The third-order valence-corrected chi connectivity index (χ3v) is 3.80. The summed E-state index contributed by atoms with van der Waals surface area (Å²) in [5.74, 6) is -0.530. The Morgan fingerprint density at radius 3 is 2.65 bits per heavy atom. The van der Waals surface area contributed by atoms with Gasteiger partial charge in [0.1, 0.15) is 5.82 Å². The van der Waals surface area contributed by atoms with E-state index in [0.717, 1.165) is 6.07 Å². The van der Waals surface area contributed by atoms with Crippen LogP contribution in [-0.2, 0) is 17.7 Å². The van der Waals surface area contributed by atoms with Crippen LogP contribution in [0.4, 0.5) is 10.1 Å². The number of hydrogen-bond donors (Lipinski definition) is 3. The molecule has 23 heavy (non-hydrogen) atoms. The van der Waals surface area contributed by atoms with Gasteiger partial charge in [0, 0.05) is 11.8 Å². The molecule has 6 nitrogen and oxygen atoms in total. The van der Waals surface area contributed by atoms with Gasteiger partial charge in [-0.05, 0) is 23.8 Å². The average Bonchev–Trinajstić information content (AvgIpc) is 2.52. The summed E-state index contributed by atoms with van der Waals surface area (Å²) in [7, 11) is 0. The maximum atomic E-state index is 14.1. The minimum Gasteiger partial charge on any atom is -0.289 e. The van der Waals surface area contributed by atoms with Crippen LogP contribution in [0.1, 0.15) is 11.3 Å². The Kier molecular flexibility index (Phi) is 4.18. The molecule has 0 saturated carbocycles. The van der Waals surface area contributed by atoms with Crippen LogP contribution in [0.3, 0.4) is 0 Å². The Morgan fingerprint density at radius 1 is 1.22 bits per heavy atom. The second-order valence-corrected chi connectivity index (χ2v) is 5.58. The van der Waals surface area contributed by atoms with Crippen molar-refractivity contribution >= 4 is 27.7 Å². The summed E-state index contributed by atoms with van der Waals surface area (Å²) in [6.45, 7) is 0. The van der Waals surface area contributed by atoms with Crippen molar-refractivity contribution < 1.29 is 13.2 Å².